The molecule has 3 aromatic carbocycles. The lowest BCUT2D eigenvalue weighted by Gasteiger charge is -2.39. The van der Waals surface area contributed by atoms with E-state index in [1.54, 1.807) is 18.3 Å². The van der Waals surface area contributed by atoms with Gasteiger partial charge in [0.1, 0.15) is 4.34 Å². The molecule has 1 aliphatic heterocycles. The Balaban J connectivity index is 1.10. The summed E-state index contributed by atoms with van der Waals surface area (Å²) in [4.78, 5) is 31.6. The first kappa shape index (κ1) is 37.7. The minimum Gasteiger partial charge on any atom is -0.369 e. The molecule has 15 heteroatoms. The summed E-state index contributed by atoms with van der Waals surface area (Å²) in [6, 6.07) is 23.1. The number of thiazole rings is 1. The first-order chi connectivity index (χ1) is 24.8. The predicted octanol–water partition coefficient (Wildman–Crippen LogP) is 6.82. The van der Waals surface area contributed by atoms with Gasteiger partial charge in [0.25, 0.3) is 15.9 Å². The van der Waals surface area contributed by atoms with Crippen molar-refractivity contribution in [3.63, 3.8) is 0 Å². The summed E-state index contributed by atoms with van der Waals surface area (Å²) in [7, 11) is -4.54. The lowest BCUT2D eigenvalue weighted by molar-refractivity contribution is -0.428. The maximum atomic E-state index is 14.0. The van der Waals surface area contributed by atoms with E-state index in [9.17, 15) is 23.3 Å². The van der Waals surface area contributed by atoms with E-state index in [-0.39, 0.29) is 11.3 Å². The van der Waals surface area contributed by atoms with Gasteiger partial charge >= 0.3 is 0 Å². The smallest absolute Gasteiger partial charge is 0.264 e. The van der Waals surface area contributed by atoms with Crippen molar-refractivity contribution in [2.45, 2.75) is 41.6 Å². The first-order valence-electron chi connectivity index (χ1n) is 16.7. The Labute approximate surface area is 317 Å². The Morgan fingerprint density at radius 2 is 1.77 bits per heavy atom. The molecule has 0 bridgehead atoms. The van der Waals surface area contributed by atoms with E-state index in [2.05, 4.69) is 43.0 Å². The number of amides is 1. The summed E-state index contributed by atoms with van der Waals surface area (Å²) < 4.78 is 31.1. The Morgan fingerprint density at radius 1 is 1.06 bits per heavy atom. The van der Waals surface area contributed by atoms with Crippen LogP contribution < -0.4 is 14.9 Å². The molecule has 4 aromatic rings. The monoisotopic (exact) mass is 778 g/mol. The van der Waals surface area contributed by atoms with E-state index in [1.165, 1.54) is 52.5 Å². The van der Waals surface area contributed by atoms with Crippen LogP contribution in [0.25, 0.3) is 11.1 Å². The van der Waals surface area contributed by atoms with Crippen LogP contribution in [0, 0.1) is 10.1 Å². The first-order valence-corrected chi connectivity index (χ1v) is 20.4. The van der Waals surface area contributed by atoms with Crippen molar-refractivity contribution in [3.05, 3.63) is 135 Å². The third-order valence-corrected chi connectivity index (χ3v) is 13.5. The minimum atomic E-state index is -4.54. The standard InChI is InChI=1S/C37H39ClN6O5S3/c1-36(2,26-51-35-39-18-23-50-35)41-37(17-5-7-32(24-37)44(46)47)52(48,49)40-34(45)28-11-15-31(16-12-28)43-21-19-42(20-22-43)25-29-6-3-4-8-33(29)27-9-13-30(38)14-10-27/h3-18,23,41H,19-22,24-26H2,1-2H3,(H,40,45). The molecule has 2 aliphatic rings. The molecule has 0 saturated carbocycles. The highest BCUT2D eigenvalue weighted by Gasteiger charge is 2.49. The number of halogens is 1. The van der Waals surface area contributed by atoms with Crippen LogP contribution in [-0.2, 0) is 16.6 Å². The van der Waals surface area contributed by atoms with Crippen LogP contribution in [0.15, 0.2) is 113 Å². The fraction of sp³-hybridized carbons (Fsp3) is 0.297. The molecular weight excluding hydrogens is 740 g/mol. The third-order valence-electron chi connectivity index (χ3n) is 8.99. The number of sulfonamides is 1. The topological polar surface area (TPSA) is 138 Å². The maximum Gasteiger partial charge on any atom is 0.264 e. The Bertz CT molecular complexity index is 2060. The zero-order chi connectivity index (χ0) is 36.9. The number of hydrogen-bond donors (Lipinski definition) is 2. The molecule has 1 atom stereocenters. The number of thioether (sulfide) groups is 1. The zero-order valence-electron chi connectivity index (χ0n) is 28.7. The molecule has 6 rings (SSSR count). The number of carbonyl (C=O) groups excluding carboxylic acids is 1. The Kier molecular flexibility index (Phi) is 11.5. The summed E-state index contributed by atoms with van der Waals surface area (Å²) in [6.07, 6.45) is 5.20. The number of nitro groups is 1. The molecular formula is C37H39ClN6O5S3. The van der Waals surface area contributed by atoms with E-state index < -0.39 is 37.7 Å². The van der Waals surface area contributed by atoms with E-state index >= 15 is 0 Å². The molecule has 1 aliphatic carbocycles. The second-order valence-corrected chi connectivity index (χ2v) is 17.8. The van der Waals surface area contributed by atoms with Gasteiger partial charge in [-0.1, -0.05) is 65.8 Å². The average molecular weight is 779 g/mol. The molecule has 1 saturated heterocycles. The fourth-order valence-electron chi connectivity index (χ4n) is 6.37. The van der Waals surface area contributed by atoms with Gasteiger partial charge in [-0.3, -0.25) is 25.1 Å². The third kappa shape index (κ3) is 8.93. The zero-order valence-corrected chi connectivity index (χ0v) is 31.9. The Hall–Kier alpha value is -4.05. The molecule has 2 N–H and O–H groups in total. The number of piperazine rings is 1. The van der Waals surface area contributed by atoms with Crippen molar-refractivity contribution >= 4 is 56.3 Å². The van der Waals surface area contributed by atoms with Crippen molar-refractivity contribution in [2.75, 3.05) is 36.8 Å². The molecule has 52 heavy (non-hydrogen) atoms. The van der Waals surface area contributed by atoms with Crippen LogP contribution >= 0.6 is 34.7 Å². The normalized spacial score (nSPS) is 18.2. The van der Waals surface area contributed by atoms with Gasteiger partial charge in [0, 0.05) is 77.9 Å². The van der Waals surface area contributed by atoms with Crippen LogP contribution in [0.4, 0.5) is 5.69 Å². The van der Waals surface area contributed by atoms with Crippen LogP contribution in [0.3, 0.4) is 0 Å². The summed E-state index contributed by atoms with van der Waals surface area (Å²) in [5.74, 6) is -0.402. The number of allylic oxidation sites excluding steroid dienone is 2. The molecule has 272 valence electrons. The highest BCUT2D eigenvalue weighted by Crippen LogP contribution is 2.34. The summed E-state index contributed by atoms with van der Waals surface area (Å²) in [6.45, 7) is 7.69. The van der Waals surface area contributed by atoms with E-state index in [4.69, 9.17) is 11.6 Å². The van der Waals surface area contributed by atoms with Crippen molar-refractivity contribution < 1.29 is 18.1 Å². The van der Waals surface area contributed by atoms with Crippen molar-refractivity contribution in [2.24, 2.45) is 0 Å². The number of nitrogens with zero attached hydrogens (tertiary/aromatic N) is 4. The van der Waals surface area contributed by atoms with Gasteiger partial charge in [-0.2, -0.15) is 0 Å². The second-order valence-electron chi connectivity index (χ2n) is 13.3. The maximum absolute atomic E-state index is 14.0. The van der Waals surface area contributed by atoms with Crippen molar-refractivity contribution in [1.82, 2.24) is 19.9 Å². The van der Waals surface area contributed by atoms with Gasteiger partial charge in [0.15, 0.2) is 4.87 Å². The van der Waals surface area contributed by atoms with E-state index in [0.29, 0.717) is 10.8 Å². The quantitative estimate of drug-likeness (QED) is 0.0845. The van der Waals surface area contributed by atoms with Crippen molar-refractivity contribution in [1.29, 1.82) is 0 Å². The number of anilines is 1. The number of rotatable bonds is 13. The second kappa shape index (κ2) is 15.9. The van der Waals surface area contributed by atoms with Gasteiger partial charge in [-0.15, -0.1) is 11.3 Å². The van der Waals surface area contributed by atoms with Gasteiger partial charge in [-0.25, -0.2) is 18.1 Å². The van der Waals surface area contributed by atoms with Crippen LogP contribution in [0.5, 0.6) is 0 Å². The highest BCUT2D eigenvalue weighted by atomic mass is 35.5. The number of nitrogens with one attached hydrogen (secondary N) is 2. The number of carbonyl (C=O) groups is 1. The van der Waals surface area contributed by atoms with E-state index in [0.717, 1.165) is 48.3 Å². The van der Waals surface area contributed by atoms with Gasteiger partial charge in [0.2, 0.25) is 5.70 Å². The molecule has 2 heterocycles. The van der Waals surface area contributed by atoms with E-state index in [1.807, 2.05) is 61.7 Å². The fourth-order valence-corrected chi connectivity index (χ4v) is 9.71. The van der Waals surface area contributed by atoms with Crippen LogP contribution in [-0.4, -0.2) is 71.5 Å². The largest absolute Gasteiger partial charge is 0.369 e. The molecule has 1 unspecified atom stereocenters. The summed E-state index contributed by atoms with van der Waals surface area (Å²) in [5.41, 5.74) is 3.52. The Morgan fingerprint density at radius 3 is 2.44 bits per heavy atom. The molecule has 1 fully saturated rings. The van der Waals surface area contributed by atoms with Gasteiger partial charge in [0.05, 0.1) is 11.3 Å². The summed E-state index contributed by atoms with van der Waals surface area (Å²) >= 11 is 9.02. The summed E-state index contributed by atoms with van der Waals surface area (Å²) in [5, 5.41) is 17.5. The number of aromatic nitrogens is 1. The van der Waals surface area contributed by atoms with Gasteiger partial charge < -0.3 is 4.90 Å². The van der Waals surface area contributed by atoms with Crippen LogP contribution in [0.2, 0.25) is 5.02 Å². The lowest BCUT2D eigenvalue weighted by atomic mass is 9.99. The average Bonchev–Trinajstić information content (AvgIpc) is 3.66. The number of hydrogen-bond acceptors (Lipinski definition) is 11. The molecule has 0 radical (unpaired) electrons. The highest BCUT2D eigenvalue weighted by molar-refractivity contribution is 8.01. The molecule has 1 aromatic heterocycles. The molecule has 0 spiro atoms. The van der Waals surface area contributed by atoms with Gasteiger partial charge in [-0.05, 0) is 73.0 Å². The predicted molar refractivity (Wildman–Crippen MR) is 209 cm³/mol. The number of benzene rings is 3. The van der Waals surface area contributed by atoms with Crippen molar-refractivity contribution in [3.8, 4) is 11.1 Å². The molecule has 11 nitrogen and oxygen atoms in total. The molecule has 1 amide bonds. The minimum absolute atomic E-state index is 0.156. The lowest BCUT2D eigenvalue weighted by Crippen LogP contribution is -2.63. The SMILES string of the molecule is CC(C)(CSc1nccs1)NC1(S(=O)(=O)NC(=O)c2ccc(N3CCN(Cc4ccccc4-c4ccc(Cl)cc4)CC3)cc2)C=CC=C([N+](=O)[O-])C1. The van der Waals surface area contributed by atoms with Crippen LogP contribution in [0.1, 0.15) is 36.2 Å².